The lowest BCUT2D eigenvalue weighted by molar-refractivity contribution is 0.717. The highest BCUT2D eigenvalue weighted by molar-refractivity contribution is 9.11. The summed E-state index contributed by atoms with van der Waals surface area (Å²) in [6.45, 7) is 0.921. The summed E-state index contributed by atoms with van der Waals surface area (Å²) < 4.78 is 4.56. The van der Waals surface area contributed by atoms with Crippen molar-refractivity contribution < 1.29 is 0 Å². The molecule has 0 unspecified atom stereocenters. The van der Waals surface area contributed by atoms with Gasteiger partial charge in [-0.3, -0.25) is 9.59 Å². The SMILES string of the molecule is N#CC1=c2c3cc(Br)c4c(=O)n5c(c6cc(Br)c(c(=O)n2CC1)c3c64)=C(C#N)CC5. The van der Waals surface area contributed by atoms with Crippen LogP contribution in [0.25, 0.3) is 43.5 Å². The number of hydrogen-bond acceptors (Lipinski definition) is 4. The first-order valence-electron chi connectivity index (χ1n) is 9.37. The average molecular weight is 522 g/mol. The van der Waals surface area contributed by atoms with Gasteiger partial charge in [0.2, 0.25) is 0 Å². The zero-order chi connectivity index (χ0) is 20.9. The fraction of sp³-hybridized carbons (Fsp3) is 0.182. The molecule has 0 spiro atoms. The summed E-state index contributed by atoms with van der Waals surface area (Å²) in [6.07, 6.45) is 1.01. The highest BCUT2D eigenvalue weighted by Gasteiger charge is 2.27. The van der Waals surface area contributed by atoms with Crippen LogP contribution in [0.2, 0.25) is 0 Å². The standard InChI is InChI=1S/C22H10Br2N4O2/c23-13-5-11-15-16-12(20-10(8-26)2-4-28(20)22(30)18(13)16)6-14(24)17(15)21(29)27-3-1-9(7-25)19(11)27/h5-6H,1-4H2. The van der Waals surface area contributed by atoms with Crippen LogP contribution in [0.15, 0.2) is 30.7 Å². The first kappa shape index (κ1) is 17.9. The molecule has 8 heteroatoms. The first-order chi connectivity index (χ1) is 14.5. The summed E-state index contributed by atoms with van der Waals surface area (Å²) in [5.74, 6) is 0. The Kier molecular flexibility index (Phi) is 3.46. The maximum Gasteiger partial charge on any atom is 0.260 e. The lowest BCUT2D eigenvalue weighted by atomic mass is 9.95. The number of nitriles is 2. The van der Waals surface area contributed by atoms with Gasteiger partial charge in [-0.1, -0.05) is 0 Å². The van der Waals surface area contributed by atoms with Crippen LogP contribution in [-0.2, 0) is 13.1 Å². The topological polar surface area (TPSA) is 91.6 Å². The summed E-state index contributed by atoms with van der Waals surface area (Å²) in [7, 11) is 0. The van der Waals surface area contributed by atoms with E-state index in [-0.39, 0.29) is 11.1 Å². The normalized spacial score (nSPS) is 15.2. The lowest BCUT2D eigenvalue weighted by Gasteiger charge is -2.16. The summed E-state index contributed by atoms with van der Waals surface area (Å²) in [6, 6.07) is 8.18. The molecule has 2 aliphatic heterocycles. The van der Waals surface area contributed by atoms with Gasteiger partial charge in [-0.05, 0) is 44.0 Å². The molecule has 4 aromatic rings. The van der Waals surface area contributed by atoms with Crippen molar-refractivity contribution >= 4 is 75.3 Å². The Hall–Kier alpha value is -2.94. The van der Waals surface area contributed by atoms with Gasteiger partial charge in [0.1, 0.15) is 0 Å². The molecule has 0 saturated heterocycles. The molecular formula is C22H10Br2N4O2. The van der Waals surface area contributed by atoms with E-state index in [2.05, 4.69) is 44.0 Å². The quantitative estimate of drug-likeness (QED) is 0.332. The van der Waals surface area contributed by atoms with E-state index in [1.165, 1.54) is 0 Å². The maximum absolute atomic E-state index is 13.4. The van der Waals surface area contributed by atoms with Crippen LogP contribution in [0.4, 0.5) is 0 Å². The molecule has 0 saturated carbocycles. The number of aromatic nitrogens is 2. The molecule has 30 heavy (non-hydrogen) atoms. The predicted molar refractivity (Wildman–Crippen MR) is 121 cm³/mol. The van der Waals surface area contributed by atoms with Crippen LogP contribution in [0.1, 0.15) is 12.8 Å². The van der Waals surface area contributed by atoms with Crippen molar-refractivity contribution in [2.24, 2.45) is 0 Å². The van der Waals surface area contributed by atoms with E-state index in [0.29, 0.717) is 78.3 Å². The number of pyridine rings is 2. The van der Waals surface area contributed by atoms with Crippen molar-refractivity contribution in [2.75, 3.05) is 0 Å². The molecule has 2 aromatic carbocycles. The van der Waals surface area contributed by atoms with E-state index in [9.17, 15) is 20.1 Å². The van der Waals surface area contributed by atoms with Crippen molar-refractivity contribution in [1.29, 1.82) is 10.5 Å². The molecule has 0 amide bonds. The summed E-state index contributed by atoms with van der Waals surface area (Å²) in [4.78, 5) is 26.8. The van der Waals surface area contributed by atoms with Gasteiger partial charge in [0, 0.05) is 56.4 Å². The van der Waals surface area contributed by atoms with E-state index in [0.717, 1.165) is 10.8 Å². The zero-order valence-corrected chi connectivity index (χ0v) is 18.5. The Labute approximate surface area is 185 Å². The zero-order valence-electron chi connectivity index (χ0n) is 15.3. The van der Waals surface area contributed by atoms with E-state index < -0.39 is 0 Å². The Bertz CT molecular complexity index is 1700. The minimum atomic E-state index is -0.176. The minimum Gasteiger partial charge on any atom is -0.306 e. The van der Waals surface area contributed by atoms with Gasteiger partial charge in [-0.2, -0.15) is 10.5 Å². The molecule has 6 rings (SSSR count). The van der Waals surface area contributed by atoms with Crippen molar-refractivity contribution in [3.63, 3.8) is 0 Å². The third-order valence-electron chi connectivity index (χ3n) is 6.29. The lowest BCUT2D eigenvalue weighted by Crippen LogP contribution is -2.34. The molecule has 0 radical (unpaired) electrons. The maximum atomic E-state index is 13.4. The largest absolute Gasteiger partial charge is 0.306 e. The Morgan fingerprint density at radius 3 is 1.50 bits per heavy atom. The van der Waals surface area contributed by atoms with E-state index in [1.54, 1.807) is 9.13 Å². The van der Waals surface area contributed by atoms with Gasteiger partial charge in [-0.25, -0.2) is 0 Å². The molecule has 0 atom stereocenters. The Morgan fingerprint density at radius 2 is 1.13 bits per heavy atom. The third-order valence-corrected chi connectivity index (χ3v) is 7.54. The van der Waals surface area contributed by atoms with Crippen molar-refractivity contribution in [3.05, 3.63) is 52.5 Å². The van der Waals surface area contributed by atoms with E-state index >= 15 is 0 Å². The molecule has 0 fully saturated rings. The molecule has 2 aliphatic rings. The Balaban J connectivity index is 2.12. The first-order valence-corrected chi connectivity index (χ1v) is 11.0. The highest BCUT2D eigenvalue weighted by atomic mass is 79.9. The highest BCUT2D eigenvalue weighted by Crippen LogP contribution is 2.38. The molecule has 0 N–H and O–H groups in total. The van der Waals surface area contributed by atoms with Crippen LogP contribution in [0.3, 0.4) is 0 Å². The average Bonchev–Trinajstić information content (AvgIpc) is 3.35. The second-order valence-electron chi connectivity index (χ2n) is 7.60. The summed E-state index contributed by atoms with van der Waals surface area (Å²) in [5.41, 5.74) is 0.786. The van der Waals surface area contributed by atoms with Crippen LogP contribution in [0.5, 0.6) is 0 Å². The second-order valence-corrected chi connectivity index (χ2v) is 9.31. The molecule has 6 nitrogen and oxygen atoms in total. The number of benzene rings is 2. The number of rotatable bonds is 0. The van der Waals surface area contributed by atoms with Gasteiger partial charge < -0.3 is 9.13 Å². The monoisotopic (exact) mass is 520 g/mol. The third kappa shape index (κ3) is 1.91. The van der Waals surface area contributed by atoms with Gasteiger partial charge in [-0.15, -0.1) is 0 Å². The van der Waals surface area contributed by atoms with Gasteiger partial charge in [0.15, 0.2) is 0 Å². The number of nitrogens with zero attached hydrogens (tertiary/aromatic N) is 4. The minimum absolute atomic E-state index is 0.176. The van der Waals surface area contributed by atoms with Crippen LogP contribution in [-0.4, -0.2) is 9.13 Å². The van der Waals surface area contributed by atoms with Crippen LogP contribution in [0, 0.1) is 22.7 Å². The van der Waals surface area contributed by atoms with Crippen LogP contribution < -0.4 is 21.8 Å². The molecular weight excluding hydrogens is 512 g/mol. The van der Waals surface area contributed by atoms with Crippen molar-refractivity contribution in [3.8, 4) is 12.1 Å². The van der Waals surface area contributed by atoms with Gasteiger partial charge in [0.25, 0.3) is 11.1 Å². The van der Waals surface area contributed by atoms with Gasteiger partial charge in [0.05, 0.1) is 44.8 Å². The fourth-order valence-corrected chi connectivity index (χ4v) is 6.30. The fourth-order valence-electron chi connectivity index (χ4n) is 5.10. The van der Waals surface area contributed by atoms with Crippen LogP contribution >= 0.6 is 31.9 Å². The summed E-state index contributed by atoms with van der Waals surface area (Å²) >= 11 is 7.16. The molecule has 144 valence electrons. The second kappa shape index (κ2) is 5.81. The van der Waals surface area contributed by atoms with E-state index in [4.69, 9.17) is 0 Å². The molecule has 0 bridgehead atoms. The van der Waals surface area contributed by atoms with E-state index in [1.807, 2.05) is 12.1 Å². The summed E-state index contributed by atoms with van der Waals surface area (Å²) in [5, 5.41) is 24.4. The molecule has 0 aliphatic carbocycles. The molecule has 4 heterocycles. The smallest absolute Gasteiger partial charge is 0.260 e. The Morgan fingerprint density at radius 1 is 0.733 bits per heavy atom. The number of fused-ring (bicyclic) bond motifs is 4. The predicted octanol–water partition coefficient (Wildman–Crippen LogP) is 2.59. The number of halogens is 2. The van der Waals surface area contributed by atoms with Gasteiger partial charge >= 0.3 is 0 Å². The molecule has 2 aromatic heterocycles. The number of hydrogen-bond donors (Lipinski definition) is 0. The van der Waals surface area contributed by atoms with Crippen molar-refractivity contribution in [1.82, 2.24) is 9.13 Å². The van der Waals surface area contributed by atoms with Crippen molar-refractivity contribution in [2.45, 2.75) is 25.9 Å².